The monoisotopic (exact) mass is 465 g/mol. The summed E-state index contributed by atoms with van der Waals surface area (Å²) in [5.74, 6) is -0.0384. The Morgan fingerprint density at radius 2 is 1.67 bits per heavy atom. The van der Waals surface area contributed by atoms with E-state index in [-0.39, 0.29) is 16.7 Å². The van der Waals surface area contributed by atoms with Crippen LogP contribution in [0.3, 0.4) is 0 Å². The first-order valence-corrected chi connectivity index (χ1v) is 12.3. The highest BCUT2D eigenvalue weighted by Gasteiger charge is 2.24. The highest BCUT2D eigenvalue weighted by Crippen LogP contribution is 2.30. The van der Waals surface area contributed by atoms with Crippen LogP contribution in [0.1, 0.15) is 33.6 Å². The zero-order chi connectivity index (χ0) is 23.8. The molecule has 0 aromatic heterocycles. The van der Waals surface area contributed by atoms with Crippen molar-refractivity contribution in [2.75, 3.05) is 21.5 Å². The molecule has 3 aromatic rings. The van der Waals surface area contributed by atoms with Gasteiger partial charge in [0.1, 0.15) is 0 Å². The van der Waals surface area contributed by atoms with E-state index in [4.69, 9.17) is 0 Å². The topological polar surface area (TPSA) is 95.6 Å². The van der Waals surface area contributed by atoms with Crippen LogP contribution in [0.15, 0.2) is 65.6 Å². The van der Waals surface area contributed by atoms with Crippen LogP contribution in [-0.2, 0) is 19.6 Å². The second-order valence-corrected chi connectivity index (χ2v) is 10.8. The molecule has 0 unspecified atom stereocenters. The lowest BCUT2D eigenvalue weighted by molar-refractivity contribution is -0.123. The molecule has 1 aliphatic rings. The van der Waals surface area contributed by atoms with E-state index in [0.717, 1.165) is 17.5 Å². The zero-order valence-electron chi connectivity index (χ0n) is 18.9. The number of fused-ring (bicyclic) bond motifs is 1. The molecule has 1 fully saturated rings. The Hall–Kier alpha value is -3.39. The molecule has 7 nitrogen and oxygen atoms in total. The molecule has 172 valence electrons. The first-order chi connectivity index (χ1) is 15.5. The molecule has 0 saturated carbocycles. The molecule has 0 radical (unpaired) electrons. The summed E-state index contributed by atoms with van der Waals surface area (Å²) >= 11 is 0. The molecular formula is C25H27N3O4S. The normalized spacial score (nSPS) is 14.5. The number of carbonyl (C=O) groups is 2. The fraction of sp³-hybridized carbons (Fsp3) is 0.280. The van der Waals surface area contributed by atoms with Crippen LogP contribution in [0.2, 0.25) is 0 Å². The minimum absolute atomic E-state index is 0.0851. The number of carbonyl (C=O) groups excluding carboxylic acids is 2. The maximum absolute atomic E-state index is 13.2. The van der Waals surface area contributed by atoms with Crippen LogP contribution in [-0.4, -0.2) is 26.8 Å². The van der Waals surface area contributed by atoms with Gasteiger partial charge in [0.2, 0.25) is 11.8 Å². The van der Waals surface area contributed by atoms with Gasteiger partial charge in [-0.3, -0.25) is 14.3 Å². The largest absolute Gasteiger partial charge is 0.326 e. The summed E-state index contributed by atoms with van der Waals surface area (Å²) in [6.45, 7) is 6.14. The van der Waals surface area contributed by atoms with Crippen LogP contribution in [0.4, 0.5) is 17.1 Å². The molecule has 1 aliphatic heterocycles. The fourth-order valence-electron chi connectivity index (χ4n) is 3.72. The SMILES string of the molecule is CC(C)(C)C(=O)Nc1ccc(NS(=O)(=O)c2cccc3cc(N4CCCC4=O)ccc23)cc1. The lowest BCUT2D eigenvalue weighted by Crippen LogP contribution is -2.27. The van der Waals surface area contributed by atoms with Crippen molar-refractivity contribution in [1.82, 2.24) is 0 Å². The lowest BCUT2D eigenvalue weighted by atomic mass is 9.95. The molecule has 0 aliphatic carbocycles. The molecule has 0 spiro atoms. The number of nitrogens with one attached hydrogen (secondary N) is 2. The van der Waals surface area contributed by atoms with Gasteiger partial charge in [0, 0.05) is 40.8 Å². The van der Waals surface area contributed by atoms with Gasteiger partial charge in [0.15, 0.2) is 0 Å². The van der Waals surface area contributed by atoms with Crippen LogP contribution >= 0.6 is 0 Å². The first-order valence-electron chi connectivity index (χ1n) is 10.8. The molecule has 4 rings (SSSR count). The van der Waals surface area contributed by atoms with Crippen molar-refractivity contribution >= 4 is 49.7 Å². The van der Waals surface area contributed by atoms with Crippen molar-refractivity contribution in [2.45, 2.75) is 38.5 Å². The second-order valence-electron chi connectivity index (χ2n) is 9.20. The second kappa shape index (κ2) is 8.51. The Labute approximate surface area is 193 Å². The Bertz CT molecular complexity index is 1330. The lowest BCUT2D eigenvalue weighted by Gasteiger charge is -2.18. The third-order valence-corrected chi connectivity index (χ3v) is 7.01. The smallest absolute Gasteiger partial charge is 0.262 e. The highest BCUT2D eigenvalue weighted by molar-refractivity contribution is 7.93. The van der Waals surface area contributed by atoms with Crippen molar-refractivity contribution in [3.8, 4) is 0 Å². The number of hydrogen-bond acceptors (Lipinski definition) is 4. The van der Waals surface area contributed by atoms with Crippen LogP contribution in [0, 0.1) is 5.41 Å². The van der Waals surface area contributed by atoms with E-state index < -0.39 is 15.4 Å². The molecule has 8 heteroatoms. The average molecular weight is 466 g/mol. The predicted octanol–water partition coefficient (Wildman–Crippen LogP) is 4.75. The number of nitrogens with zero attached hydrogens (tertiary/aromatic N) is 1. The van der Waals surface area contributed by atoms with Crippen molar-refractivity contribution in [1.29, 1.82) is 0 Å². The third-order valence-electron chi connectivity index (χ3n) is 5.57. The van der Waals surface area contributed by atoms with Crippen LogP contribution in [0.5, 0.6) is 0 Å². The Kier molecular flexibility index (Phi) is 5.88. The summed E-state index contributed by atoms with van der Waals surface area (Å²) in [5.41, 5.74) is 1.23. The van der Waals surface area contributed by atoms with Gasteiger partial charge in [-0.15, -0.1) is 0 Å². The number of amides is 2. The first kappa shape index (κ1) is 22.8. The summed E-state index contributed by atoms with van der Waals surface area (Å²) < 4.78 is 28.9. The average Bonchev–Trinajstić information content (AvgIpc) is 3.19. The van der Waals surface area contributed by atoms with E-state index in [0.29, 0.717) is 29.7 Å². The van der Waals surface area contributed by atoms with Gasteiger partial charge in [-0.1, -0.05) is 39.0 Å². The van der Waals surface area contributed by atoms with E-state index >= 15 is 0 Å². The van der Waals surface area contributed by atoms with Gasteiger partial charge in [-0.2, -0.15) is 0 Å². The maximum atomic E-state index is 13.2. The van der Waals surface area contributed by atoms with Crippen LogP contribution in [0.25, 0.3) is 10.8 Å². The van der Waals surface area contributed by atoms with Gasteiger partial charge in [0.25, 0.3) is 10.0 Å². The Morgan fingerprint density at radius 1 is 0.970 bits per heavy atom. The number of anilines is 3. The quantitative estimate of drug-likeness (QED) is 0.568. The molecule has 2 N–H and O–H groups in total. The summed E-state index contributed by atoms with van der Waals surface area (Å²) in [6.07, 6.45) is 1.36. The van der Waals surface area contributed by atoms with E-state index in [1.807, 2.05) is 32.9 Å². The molecule has 3 aromatic carbocycles. The van der Waals surface area contributed by atoms with Gasteiger partial charge >= 0.3 is 0 Å². The van der Waals surface area contributed by atoms with E-state index in [2.05, 4.69) is 10.0 Å². The molecule has 0 atom stereocenters. The van der Waals surface area contributed by atoms with Crippen molar-refractivity contribution < 1.29 is 18.0 Å². The fourth-order valence-corrected chi connectivity index (χ4v) is 5.00. The molecule has 33 heavy (non-hydrogen) atoms. The van der Waals surface area contributed by atoms with Gasteiger partial charge in [0.05, 0.1) is 4.90 Å². The molecular weight excluding hydrogens is 438 g/mol. The molecule has 1 saturated heterocycles. The summed E-state index contributed by atoms with van der Waals surface area (Å²) in [5, 5.41) is 4.14. The predicted molar refractivity (Wildman–Crippen MR) is 131 cm³/mol. The Morgan fingerprint density at radius 3 is 2.30 bits per heavy atom. The van der Waals surface area contributed by atoms with E-state index in [1.165, 1.54) is 0 Å². The molecule has 0 bridgehead atoms. The van der Waals surface area contributed by atoms with Gasteiger partial charge in [-0.25, -0.2) is 8.42 Å². The minimum Gasteiger partial charge on any atom is -0.326 e. The zero-order valence-corrected chi connectivity index (χ0v) is 19.7. The van der Waals surface area contributed by atoms with Crippen molar-refractivity contribution in [2.24, 2.45) is 5.41 Å². The van der Waals surface area contributed by atoms with Crippen molar-refractivity contribution in [3.05, 3.63) is 60.7 Å². The van der Waals surface area contributed by atoms with Crippen molar-refractivity contribution in [3.63, 3.8) is 0 Å². The summed E-state index contributed by atoms with van der Waals surface area (Å²) in [7, 11) is -3.86. The number of benzene rings is 3. The summed E-state index contributed by atoms with van der Waals surface area (Å²) in [4.78, 5) is 26.1. The minimum atomic E-state index is -3.86. The van der Waals surface area contributed by atoms with Gasteiger partial charge < -0.3 is 10.2 Å². The molecule has 2 amide bonds. The third kappa shape index (κ3) is 4.85. The number of hydrogen-bond donors (Lipinski definition) is 2. The maximum Gasteiger partial charge on any atom is 0.262 e. The van der Waals surface area contributed by atoms with E-state index in [9.17, 15) is 18.0 Å². The van der Waals surface area contributed by atoms with Crippen LogP contribution < -0.4 is 14.9 Å². The highest BCUT2D eigenvalue weighted by atomic mass is 32.2. The van der Waals surface area contributed by atoms with Gasteiger partial charge in [-0.05, 0) is 54.3 Å². The number of rotatable bonds is 5. The summed E-state index contributed by atoms with van der Waals surface area (Å²) in [6, 6.07) is 17.0. The number of sulfonamides is 1. The van der Waals surface area contributed by atoms with E-state index in [1.54, 1.807) is 53.4 Å². The molecule has 1 heterocycles. The Balaban J connectivity index is 1.57. The standard InChI is InChI=1S/C25H27N3O4S/c1-25(2,3)24(30)26-18-9-11-19(12-10-18)27-33(31,32)22-7-4-6-17-16-20(13-14-21(17)22)28-15-5-8-23(28)29/h4,6-7,9-14,16,27H,5,8,15H2,1-3H3,(H,26,30).